The molecule has 0 radical (unpaired) electrons. The second-order valence-corrected chi connectivity index (χ2v) is 7.48. The second-order valence-electron chi connectivity index (χ2n) is 7.48. The molecular formula is C26H22N6O2. The molecule has 5 rings (SSSR count). The Labute approximate surface area is 196 Å². The Kier molecular flexibility index (Phi) is 5.85. The van der Waals surface area contributed by atoms with Gasteiger partial charge in [-0.25, -0.2) is 15.0 Å². The average Bonchev–Trinajstić information content (AvgIpc) is 3.41. The van der Waals surface area contributed by atoms with Gasteiger partial charge >= 0.3 is 0 Å². The molecule has 0 aliphatic heterocycles. The number of anilines is 3. The summed E-state index contributed by atoms with van der Waals surface area (Å²) in [4.78, 5) is 25.8. The fourth-order valence-electron chi connectivity index (χ4n) is 3.69. The van der Waals surface area contributed by atoms with Gasteiger partial charge in [0.1, 0.15) is 30.0 Å². The number of benzene rings is 3. The Morgan fingerprint density at radius 1 is 1.00 bits per heavy atom. The molecule has 0 unspecified atom stereocenters. The van der Waals surface area contributed by atoms with Gasteiger partial charge in [-0.3, -0.25) is 9.36 Å². The van der Waals surface area contributed by atoms with E-state index in [9.17, 15) is 4.79 Å². The highest BCUT2D eigenvalue weighted by Crippen LogP contribution is 2.29. The number of carbonyl (C=O) groups excluding carboxylic acids is 1. The molecule has 0 saturated heterocycles. The van der Waals surface area contributed by atoms with Gasteiger partial charge in [0, 0.05) is 29.8 Å². The highest BCUT2D eigenvalue weighted by Gasteiger charge is 2.17. The standard InChI is InChI=1S/C26H22N6O2/c1-2-34-22-12-7-18-5-3-4-6-21(18)25(22)26(33)31-20-10-8-19(9-11-20)30-23-15-24(29-16-28-23)32-14-13-27-17-32/h3-17H,2H2,1H3,(H,31,33)(H,28,29,30). The van der Waals surface area contributed by atoms with Crippen LogP contribution in [-0.4, -0.2) is 32.0 Å². The van der Waals surface area contributed by atoms with Crippen molar-refractivity contribution in [1.29, 1.82) is 0 Å². The summed E-state index contributed by atoms with van der Waals surface area (Å²) in [6.07, 6.45) is 6.68. The lowest BCUT2D eigenvalue weighted by atomic mass is 10.0. The van der Waals surface area contributed by atoms with E-state index in [4.69, 9.17) is 4.74 Å². The van der Waals surface area contributed by atoms with Crippen molar-refractivity contribution < 1.29 is 9.53 Å². The molecule has 5 aromatic rings. The number of ether oxygens (including phenoxy) is 1. The van der Waals surface area contributed by atoms with E-state index in [-0.39, 0.29) is 5.91 Å². The minimum atomic E-state index is -0.221. The quantitative estimate of drug-likeness (QED) is 0.354. The van der Waals surface area contributed by atoms with Crippen molar-refractivity contribution in [2.75, 3.05) is 17.2 Å². The molecule has 8 heteroatoms. The van der Waals surface area contributed by atoms with Gasteiger partial charge in [0.05, 0.1) is 12.2 Å². The fraction of sp³-hybridized carbons (Fsp3) is 0.0769. The van der Waals surface area contributed by atoms with E-state index in [0.29, 0.717) is 35.2 Å². The predicted octanol–water partition coefficient (Wildman–Crippen LogP) is 5.21. The zero-order valence-electron chi connectivity index (χ0n) is 18.5. The van der Waals surface area contributed by atoms with Crippen LogP contribution >= 0.6 is 0 Å². The third-order valence-electron chi connectivity index (χ3n) is 5.25. The number of fused-ring (bicyclic) bond motifs is 1. The summed E-state index contributed by atoms with van der Waals surface area (Å²) >= 11 is 0. The van der Waals surface area contributed by atoms with E-state index in [0.717, 1.165) is 16.5 Å². The lowest BCUT2D eigenvalue weighted by Gasteiger charge is -2.14. The molecule has 0 aliphatic rings. The van der Waals surface area contributed by atoms with Crippen molar-refractivity contribution in [1.82, 2.24) is 19.5 Å². The van der Waals surface area contributed by atoms with Crippen LogP contribution < -0.4 is 15.4 Å². The summed E-state index contributed by atoms with van der Waals surface area (Å²) in [5.74, 6) is 1.70. The molecule has 2 heterocycles. The van der Waals surface area contributed by atoms with E-state index < -0.39 is 0 Å². The topological polar surface area (TPSA) is 94.0 Å². The normalized spacial score (nSPS) is 10.7. The number of nitrogens with zero attached hydrogens (tertiary/aromatic N) is 4. The Morgan fingerprint density at radius 2 is 1.82 bits per heavy atom. The van der Waals surface area contributed by atoms with Crippen molar-refractivity contribution in [2.24, 2.45) is 0 Å². The third kappa shape index (κ3) is 4.42. The Morgan fingerprint density at radius 3 is 2.62 bits per heavy atom. The number of nitrogens with one attached hydrogen (secondary N) is 2. The third-order valence-corrected chi connectivity index (χ3v) is 5.25. The number of hydrogen-bond acceptors (Lipinski definition) is 6. The molecule has 8 nitrogen and oxygen atoms in total. The van der Waals surface area contributed by atoms with Crippen LogP contribution in [0.5, 0.6) is 5.75 Å². The van der Waals surface area contributed by atoms with Crippen LogP contribution in [0.3, 0.4) is 0 Å². The summed E-state index contributed by atoms with van der Waals surface area (Å²) in [6.45, 7) is 2.38. The predicted molar refractivity (Wildman–Crippen MR) is 132 cm³/mol. The fourth-order valence-corrected chi connectivity index (χ4v) is 3.69. The van der Waals surface area contributed by atoms with Crippen LogP contribution in [0.2, 0.25) is 0 Å². The molecule has 0 bridgehead atoms. The molecule has 0 spiro atoms. The smallest absolute Gasteiger partial charge is 0.260 e. The van der Waals surface area contributed by atoms with Crippen molar-refractivity contribution in [3.8, 4) is 11.6 Å². The largest absolute Gasteiger partial charge is 0.493 e. The van der Waals surface area contributed by atoms with Gasteiger partial charge in [-0.05, 0) is 48.0 Å². The molecule has 0 atom stereocenters. The molecular weight excluding hydrogens is 428 g/mol. The minimum absolute atomic E-state index is 0.221. The zero-order chi connectivity index (χ0) is 23.3. The van der Waals surface area contributed by atoms with Crippen molar-refractivity contribution in [3.05, 3.63) is 97.3 Å². The van der Waals surface area contributed by atoms with E-state index in [1.165, 1.54) is 6.33 Å². The van der Waals surface area contributed by atoms with Crippen molar-refractivity contribution in [2.45, 2.75) is 6.92 Å². The Hall–Kier alpha value is -4.72. The molecule has 1 amide bonds. The van der Waals surface area contributed by atoms with Crippen LogP contribution in [0.1, 0.15) is 17.3 Å². The highest BCUT2D eigenvalue weighted by molar-refractivity contribution is 6.15. The highest BCUT2D eigenvalue weighted by atomic mass is 16.5. The first-order valence-corrected chi connectivity index (χ1v) is 10.8. The van der Waals surface area contributed by atoms with Crippen molar-refractivity contribution in [3.63, 3.8) is 0 Å². The van der Waals surface area contributed by atoms with Crippen LogP contribution in [0.25, 0.3) is 16.6 Å². The number of amides is 1. The summed E-state index contributed by atoms with van der Waals surface area (Å²) in [5, 5.41) is 8.07. The van der Waals surface area contributed by atoms with Gasteiger partial charge in [-0.1, -0.05) is 30.3 Å². The molecule has 2 aromatic heterocycles. The minimum Gasteiger partial charge on any atom is -0.493 e. The number of rotatable bonds is 7. The first kappa shape index (κ1) is 21.1. The van der Waals surface area contributed by atoms with Crippen LogP contribution in [-0.2, 0) is 0 Å². The van der Waals surface area contributed by atoms with Gasteiger partial charge in [0.25, 0.3) is 5.91 Å². The van der Waals surface area contributed by atoms with E-state index in [1.54, 1.807) is 17.1 Å². The molecule has 34 heavy (non-hydrogen) atoms. The van der Waals surface area contributed by atoms with Gasteiger partial charge in [-0.2, -0.15) is 0 Å². The first-order valence-electron chi connectivity index (χ1n) is 10.8. The monoisotopic (exact) mass is 450 g/mol. The average molecular weight is 451 g/mol. The number of aromatic nitrogens is 4. The molecule has 0 saturated carbocycles. The summed E-state index contributed by atoms with van der Waals surface area (Å²) in [6, 6.07) is 20.8. The van der Waals surface area contributed by atoms with Crippen LogP contribution in [0.15, 0.2) is 91.8 Å². The van der Waals surface area contributed by atoms with E-state index >= 15 is 0 Å². The van der Waals surface area contributed by atoms with E-state index in [1.807, 2.05) is 79.9 Å². The number of imidazole rings is 1. The Balaban J connectivity index is 1.34. The van der Waals surface area contributed by atoms with Gasteiger partial charge < -0.3 is 15.4 Å². The lowest BCUT2D eigenvalue weighted by molar-refractivity contribution is 0.102. The number of hydrogen-bond donors (Lipinski definition) is 2. The Bertz CT molecular complexity index is 1430. The van der Waals surface area contributed by atoms with Crippen LogP contribution in [0, 0.1) is 0 Å². The molecule has 3 aromatic carbocycles. The SMILES string of the molecule is CCOc1ccc2ccccc2c1C(=O)Nc1ccc(Nc2cc(-n3ccnc3)ncn2)cc1. The maximum atomic E-state index is 13.2. The number of carbonyl (C=O) groups is 1. The summed E-state index contributed by atoms with van der Waals surface area (Å²) < 4.78 is 7.54. The zero-order valence-corrected chi connectivity index (χ0v) is 18.5. The van der Waals surface area contributed by atoms with Gasteiger partial charge in [0.15, 0.2) is 0 Å². The summed E-state index contributed by atoms with van der Waals surface area (Å²) in [5.41, 5.74) is 2.02. The second kappa shape index (κ2) is 9.41. The maximum Gasteiger partial charge on any atom is 0.260 e. The lowest BCUT2D eigenvalue weighted by Crippen LogP contribution is -2.14. The van der Waals surface area contributed by atoms with Crippen molar-refractivity contribution >= 4 is 33.9 Å². The molecule has 0 aliphatic carbocycles. The molecule has 0 fully saturated rings. The van der Waals surface area contributed by atoms with Gasteiger partial charge in [-0.15, -0.1) is 0 Å². The maximum absolute atomic E-state index is 13.2. The molecule has 2 N–H and O–H groups in total. The molecule has 168 valence electrons. The summed E-state index contributed by atoms with van der Waals surface area (Å²) in [7, 11) is 0. The van der Waals surface area contributed by atoms with Crippen LogP contribution in [0.4, 0.5) is 17.2 Å². The van der Waals surface area contributed by atoms with Gasteiger partial charge in [0.2, 0.25) is 0 Å². The van der Waals surface area contributed by atoms with E-state index in [2.05, 4.69) is 25.6 Å². The first-order chi connectivity index (χ1) is 16.7.